The maximum absolute atomic E-state index is 11.7. The Labute approximate surface area is 109 Å². The summed E-state index contributed by atoms with van der Waals surface area (Å²) in [5.41, 5.74) is 0.833. The fourth-order valence-corrected chi connectivity index (χ4v) is 1.96. The van der Waals surface area contributed by atoms with Gasteiger partial charge in [-0.2, -0.15) is 0 Å². The summed E-state index contributed by atoms with van der Waals surface area (Å²) in [5.74, 6) is 0.844. The number of aliphatic imine (C=N–C) groups is 1. The highest BCUT2D eigenvalue weighted by molar-refractivity contribution is 8.04. The summed E-state index contributed by atoms with van der Waals surface area (Å²) in [6, 6.07) is 3.50. The summed E-state index contributed by atoms with van der Waals surface area (Å²) in [5, 5.41) is 0. The molecule has 0 N–H and O–H groups in total. The Morgan fingerprint density at radius 3 is 3.17 bits per heavy atom. The Bertz CT molecular complexity index is 500. The minimum Gasteiger partial charge on any atom is -0.481 e. The van der Waals surface area contributed by atoms with Crippen LogP contribution in [0.4, 0.5) is 0 Å². The van der Waals surface area contributed by atoms with Crippen LogP contribution < -0.4 is 4.74 Å². The quantitative estimate of drug-likeness (QED) is 0.776. The predicted molar refractivity (Wildman–Crippen MR) is 69.6 cm³/mol. The molecule has 1 aromatic heterocycles. The van der Waals surface area contributed by atoms with Gasteiger partial charge in [0.25, 0.3) is 0 Å². The molecule has 6 heteroatoms. The molecule has 5 nitrogen and oxygen atoms in total. The van der Waals surface area contributed by atoms with Gasteiger partial charge in [0.05, 0.1) is 7.11 Å². The number of pyridine rings is 1. The van der Waals surface area contributed by atoms with Crippen LogP contribution in [0.5, 0.6) is 5.88 Å². The fourth-order valence-electron chi connectivity index (χ4n) is 1.31. The van der Waals surface area contributed by atoms with E-state index in [1.165, 1.54) is 18.0 Å². The van der Waals surface area contributed by atoms with Crippen LogP contribution in [0.2, 0.25) is 0 Å². The van der Waals surface area contributed by atoms with Gasteiger partial charge in [0.15, 0.2) is 0 Å². The standard InChI is InChI=1S/C12H12N2O3S/c1-16-11-6-9(2-3-14-11)8-17-12(15)10-7-13-4-5-18-10/h2-4,6-7H,5,8H2,1H3. The van der Waals surface area contributed by atoms with E-state index < -0.39 is 0 Å². The summed E-state index contributed by atoms with van der Waals surface area (Å²) in [4.78, 5) is 20.1. The molecule has 0 radical (unpaired) electrons. The van der Waals surface area contributed by atoms with Crippen molar-refractivity contribution in [1.29, 1.82) is 0 Å². The van der Waals surface area contributed by atoms with E-state index in [1.807, 2.05) is 0 Å². The second kappa shape index (κ2) is 6.20. The molecule has 0 spiro atoms. The number of hydrogen-bond acceptors (Lipinski definition) is 6. The number of nitrogens with zero attached hydrogens (tertiary/aromatic N) is 2. The number of thioether (sulfide) groups is 1. The first-order chi connectivity index (χ1) is 8.79. The lowest BCUT2D eigenvalue weighted by molar-refractivity contribution is -0.139. The monoisotopic (exact) mass is 264 g/mol. The van der Waals surface area contributed by atoms with Crippen molar-refractivity contribution >= 4 is 23.9 Å². The van der Waals surface area contributed by atoms with Crippen LogP contribution in [-0.2, 0) is 16.1 Å². The lowest BCUT2D eigenvalue weighted by Gasteiger charge is -2.08. The zero-order valence-electron chi connectivity index (χ0n) is 9.83. The molecular weight excluding hydrogens is 252 g/mol. The minimum atomic E-state index is -0.354. The number of hydrogen-bond donors (Lipinski definition) is 0. The largest absolute Gasteiger partial charge is 0.481 e. The van der Waals surface area contributed by atoms with Crippen LogP contribution >= 0.6 is 11.8 Å². The zero-order valence-corrected chi connectivity index (χ0v) is 10.6. The second-order valence-electron chi connectivity index (χ2n) is 3.42. The van der Waals surface area contributed by atoms with Gasteiger partial charge < -0.3 is 9.47 Å². The molecule has 0 amide bonds. The zero-order chi connectivity index (χ0) is 12.8. The smallest absolute Gasteiger partial charge is 0.346 e. The second-order valence-corrected chi connectivity index (χ2v) is 4.48. The van der Waals surface area contributed by atoms with Crippen LogP contribution in [0.15, 0.2) is 34.4 Å². The normalized spacial score (nSPS) is 13.9. The number of ether oxygens (including phenoxy) is 2. The van der Waals surface area contributed by atoms with E-state index >= 15 is 0 Å². The molecule has 18 heavy (non-hydrogen) atoms. The molecule has 0 saturated heterocycles. The summed E-state index contributed by atoms with van der Waals surface area (Å²) < 4.78 is 10.2. The molecule has 0 saturated carbocycles. The van der Waals surface area contributed by atoms with Gasteiger partial charge in [-0.25, -0.2) is 9.78 Å². The molecule has 0 unspecified atom stereocenters. The van der Waals surface area contributed by atoms with Gasteiger partial charge in [-0.1, -0.05) is 0 Å². The van der Waals surface area contributed by atoms with E-state index in [9.17, 15) is 4.79 Å². The average Bonchev–Trinajstić information content (AvgIpc) is 2.46. The maximum atomic E-state index is 11.7. The van der Waals surface area contributed by atoms with Crippen molar-refractivity contribution in [3.63, 3.8) is 0 Å². The van der Waals surface area contributed by atoms with Crippen molar-refractivity contribution in [3.8, 4) is 5.88 Å². The molecule has 0 aromatic carbocycles. The number of aromatic nitrogens is 1. The third-order valence-corrected chi connectivity index (χ3v) is 3.09. The highest BCUT2D eigenvalue weighted by atomic mass is 32.2. The molecule has 0 bridgehead atoms. The van der Waals surface area contributed by atoms with Gasteiger partial charge in [0.2, 0.25) is 5.88 Å². The maximum Gasteiger partial charge on any atom is 0.346 e. The van der Waals surface area contributed by atoms with E-state index in [0.717, 1.165) is 5.56 Å². The number of esters is 1. The minimum absolute atomic E-state index is 0.194. The van der Waals surface area contributed by atoms with Crippen molar-refractivity contribution in [2.75, 3.05) is 12.9 Å². The highest BCUT2D eigenvalue weighted by Gasteiger charge is 2.13. The van der Waals surface area contributed by atoms with Gasteiger partial charge in [-0.05, 0) is 11.6 Å². The molecule has 94 valence electrons. The number of rotatable bonds is 4. The third kappa shape index (κ3) is 3.33. The molecule has 1 aliphatic heterocycles. The average molecular weight is 264 g/mol. The van der Waals surface area contributed by atoms with Gasteiger partial charge in [0, 0.05) is 30.4 Å². The summed E-state index contributed by atoms with van der Waals surface area (Å²) in [6.07, 6.45) is 4.87. The van der Waals surface area contributed by atoms with E-state index in [2.05, 4.69) is 9.98 Å². The van der Waals surface area contributed by atoms with E-state index in [0.29, 0.717) is 16.5 Å². The van der Waals surface area contributed by atoms with Crippen LogP contribution in [-0.4, -0.2) is 30.0 Å². The Morgan fingerprint density at radius 2 is 2.44 bits per heavy atom. The van der Waals surface area contributed by atoms with E-state index in [-0.39, 0.29) is 12.6 Å². The SMILES string of the molecule is COc1cc(COC(=O)C2=CN=CCS2)ccn1. The highest BCUT2D eigenvalue weighted by Crippen LogP contribution is 2.20. The van der Waals surface area contributed by atoms with Crippen molar-refractivity contribution in [3.05, 3.63) is 35.0 Å². The first-order valence-electron chi connectivity index (χ1n) is 5.30. The Morgan fingerprint density at radius 1 is 1.56 bits per heavy atom. The number of methoxy groups -OCH3 is 1. The molecule has 1 aliphatic rings. The van der Waals surface area contributed by atoms with Crippen LogP contribution in [0.25, 0.3) is 0 Å². The molecule has 2 heterocycles. The Balaban J connectivity index is 1.92. The number of carbonyl (C=O) groups excluding carboxylic acids is 1. The molecule has 0 atom stereocenters. The van der Waals surface area contributed by atoms with Gasteiger partial charge in [-0.15, -0.1) is 11.8 Å². The van der Waals surface area contributed by atoms with Crippen LogP contribution in [0.3, 0.4) is 0 Å². The van der Waals surface area contributed by atoms with Gasteiger partial charge >= 0.3 is 5.97 Å². The Hall–Kier alpha value is -1.82. The first-order valence-corrected chi connectivity index (χ1v) is 6.29. The molecular formula is C12H12N2O3S. The third-order valence-electron chi connectivity index (χ3n) is 2.19. The summed E-state index contributed by atoms with van der Waals surface area (Å²) >= 11 is 1.41. The van der Waals surface area contributed by atoms with Crippen molar-refractivity contribution in [2.24, 2.45) is 4.99 Å². The number of carbonyl (C=O) groups is 1. The first kappa shape index (κ1) is 12.6. The van der Waals surface area contributed by atoms with E-state index in [1.54, 1.807) is 31.7 Å². The Kier molecular flexibility index (Phi) is 4.35. The summed E-state index contributed by atoms with van der Waals surface area (Å²) in [6.45, 7) is 0.194. The van der Waals surface area contributed by atoms with Crippen molar-refractivity contribution in [2.45, 2.75) is 6.61 Å². The molecule has 0 fully saturated rings. The van der Waals surface area contributed by atoms with Gasteiger partial charge in [0.1, 0.15) is 11.5 Å². The van der Waals surface area contributed by atoms with Crippen molar-refractivity contribution < 1.29 is 14.3 Å². The molecule has 2 rings (SSSR count). The van der Waals surface area contributed by atoms with E-state index in [4.69, 9.17) is 9.47 Å². The van der Waals surface area contributed by atoms with Gasteiger partial charge in [-0.3, -0.25) is 4.99 Å². The van der Waals surface area contributed by atoms with Crippen LogP contribution in [0.1, 0.15) is 5.56 Å². The lowest BCUT2D eigenvalue weighted by Crippen LogP contribution is -2.08. The lowest BCUT2D eigenvalue weighted by atomic mass is 10.3. The fraction of sp³-hybridized carbons (Fsp3) is 0.250. The topological polar surface area (TPSA) is 60.8 Å². The van der Waals surface area contributed by atoms with Crippen molar-refractivity contribution in [1.82, 2.24) is 4.98 Å². The molecule has 1 aromatic rings. The molecule has 0 aliphatic carbocycles. The summed E-state index contributed by atoms with van der Waals surface area (Å²) in [7, 11) is 1.54. The van der Waals surface area contributed by atoms with Crippen LogP contribution in [0, 0.1) is 0 Å². The predicted octanol–water partition coefficient (Wildman–Crippen LogP) is 1.79.